The van der Waals surface area contributed by atoms with Crippen LogP contribution in [0.25, 0.3) is 0 Å². The molecule has 0 spiro atoms. The van der Waals surface area contributed by atoms with Crippen LogP contribution in [0.15, 0.2) is 37.4 Å². The predicted octanol–water partition coefficient (Wildman–Crippen LogP) is 6.83. The van der Waals surface area contributed by atoms with Gasteiger partial charge < -0.3 is 0 Å². The first-order chi connectivity index (χ1) is 19.4. The molecule has 0 aliphatic carbocycles. The third kappa shape index (κ3) is 8.82. The molecule has 41 heavy (non-hydrogen) atoms. The zero-order valence-corrected chi connectivity index (χ0v) is 28.4. The Morgan fingerprint density at radius 1 is 0.634 bits per heavy atom. The number of benzene rings is 2. The van der Waals surface area contributed by atoms with E-state index in [2.05, 4.69) is 13.2 Å². The first-order valence-corrected chi connectivity index (χ1v) is 20.5. The molecule has 224 valence electrons. The van der Waals surface area contributed by atoms with Crippen LogP contribution in [0.5, 0.6) is 0 Å². The summed E-state index contributed by atoms with van der Waals surface area (Å²) in [5, 5.41) is 0. The Hall–Kier alpha value is -2.36. The van der Waals surface area contributed by atoms with Crippen LogP contribution in [-0.2, 0) is 32.2 Å². The van der Waals surface area contributed by atoms with Gasteiger partial charge in [0.25, 0.3) is 0 Å². The molecule has 7 heteroatoms. The molecule has 0 aliphatic heterocycles. The van der Waals surface area contributed by atoms with Crippen LogP contribution in [0.4, 0.5) is 0 Å². The minimum atomic E-state index is -3.77. The van der Waals surface area contributed by atoms with Crippen LogP contribution in [0.1, 0.15) is 65.2 Å². The van der Waals surface area contributed by atoms with Gasteiger partial charge in [-0.05, 0) is 0 Å². The summed E-state index contributed by atoms with van der Waals surface area (Å²) < 4.78 is 22.6. The number of aryl methyl sites for hydroxylation is 4. The molecule has 0 bridgehead atoms. The van der Waals surface area contributed by atoms with E-state index in [-0.39, 0.29) is 9.23 Å². The van der Waals surface area contributed by atoms with Gasteiger partial charge in [-0.15, -0.1) is 0 Å². The SMILES string of the molecule is C=CCOCCOCc1c(C)cc(C)c([C](=O)[Ge]([CH3])([CH3])[C](=O)c2c(C)cc(C)c(COCCOCC=C)c2C)c1C. The number of hydrogen-bond donors (Lipinski definition) is 0. The average molecular weight is 625 g/mol. The molecule has 0 fully saturated rings. The number of rotatable bonds is 18. The Balaban J connectivity index is 2.35. The van der Waals surface area contributed by atoms with Gasteiger partial charge in [0.2, 0.25) is 0 Å². The summed E-state index contributed by atoms with van der Waals surface area (Å²) in [7, 11) is 0. The third-order valence-corrected chi connectivity index (χ3v) is 13.4. The summed E-state index contributed by atoms with van der Waals surface area (Å²) in [6.07, 6.45) is 3.41. The van der Waals surface area contributed by atoms with Gasteiger partial charge in [-0.1, -0.05) is 0 Å². The van der Waals surface area contributed by atoms with Crippen molar-refractivity contribution in [1.82, 2.24) is 0 Å². The molecule has 2 aromatic rings. The Morgan fingerprint density at radius 3 is 1.32 bits per heavy atom. The molecule has 0 aromatic heterocycles. The predicted molar refractivity (Wildman–Crippen MR) is 169 cm³/mol. The standard InChI is InChI=1S/C34H48GeO6/c1-11-13-38-15-17-40-21-29-23(3)19-25(5)31(27(29)7)33(36)35(9,10)34(37)32-26(6)20-24(4)30(28(32)8)22-41-18-16-39-14-12-2/h11-12,19-20H,1-2,13-18,21-22H2,3-10H3. The Morgan fingerprint density at radius 2 is 0.976 bits per heavy atom. The van der Waals surface area contributed by atoms with Gasteiger partial charge in [0.15, 0.2) is 0 Å². The normalized spacial score (nSPS) is 11.5. The van der Waals surface area contributed by atoms with E-state index in [0.717, 1.165) is 44.5 Å². The molecule has 0 unspecified atom stereocenters. The second-order valence-electron chi connectivity index (χ2n) is 11.1. The topological polar surface area (TPSA) is 71.1 Å². The van der Waals surface area contributed by atoms with Crippen LogP contribution in [-0.4, -0.2) is 62.1 Å². The Bertz CT molecular complexity index is 1170. The van der Waals surface area contributed by atoms with Gasteiger partial charge in [0.05, 0.1) is 0 Å². The molecule has 0 saturated carbocycles. The van der Waals surface area contributed by atoms with E-state index in [1.807, 2.05) is 65.2 Å². The Labute approximate surface area is 249 Å². The van der Waals surface area contributed by atoms with Gasteiger partial charge in [-0.2, -0.15) is 0 Å². The van der Waals surface area contributed by atoms with E-state index in [0.29, 0.717) is 64.0 Å². The van der Waals surface area contributed by atoms with Crippen molar-refractivity contribution in [2.45, 2.75) is 66.3 Å². The quantitative estimate of drug-likeness (QED) is 0.103. The van der Waals surface area contributed by atoms with Gasteiger partial charge in [-0.3, -0.25) is 0 Å². The molecule has 0 radical (unpaired) electrons. The number of ether oxygens (including phenoxy) is 4. The van der Waals surface area contributed by atoms with Crippen LogP contribution in [0.3, 0.4) is 0 Å². The van der Waals surface area contributed by atoms with Crippen molar-refractivity contribution in [2.75, 3.05) is 39.6 Å². The van der Waals surface area contributed by atoms with Crippen molar-refractivity contribution in [1.29, 1.82) is 0 Å². The fourth-order valence-electron chi connectivity index (χ4n) is 5.24. The third-order valence-electron chi connectivity index (χ3n) is 7.56. The molecular weight excluding hydrogens is 577 g/mol. The zero-order chi connectivity index (χ0) is 30.7. The van der Waals surface area contributed by atoms with Crippen LogP contribution in [0.2, 0.25) is 11.5 Å². The summed E-state index contributed by atoms with van der Waals surface area (Å²) in [5.41, 5.74) is 9.07. The number of carbonyl (C=O) groups excluding carboxylic acids is 2. The molecule has 0 heterocycles. The first-order valence-electron chi connectivity index (χ1n) is 14.2. The zero-order valence-electron chi connectivity index (χ0n) is 26.3. The molecule has 6 nitrogen and oxygen atoms in total. The first kappa shape index (κ1) is 34.8. The average Bonchev–Trinajstić information content (AvgIpc) is 2.90. The summed E-state index contributed by atoms with van der Waals surface area (Å²) in [5.74, 6) is 3.84. The van der Waals surface area contributed by atoms with Crippen molar-refractivity contribution in [2.24, 2.45) is 0 Å². The fraction of sp³-hybridized carbons (Fsp3) is 0.471. The van der Waals surface area contributed by atoms with E-state index < -0.39 is 13.3 Å². The molecule has 0 atom stereocenters. The van der Waals surface area contributed by atoms with Gasteiger partial charge >= 0.3 is 250 Å². The fourth-order valence-corrected chi connectivity index (χ4v) is 9.91. The van der Waals surface area contributed by atoms with Crippen molar-refractivity contribution in [3.8, 4) is 0 Å². The maximum absolute atomic E-state index is 14.3. The van der Waals surface area contributed by atoms with Crippen LogP contribution < -0.4 is 0 Å². The molecule has 0 N–H and O–H groups in total. The van der Waals surface area contributed by atoms with Gasteiger partial charge in [0.1, 0.15) is 0 Å². The van der Waals surface area contributed by atoms with E-state index >= 15 is 0 Å². The second kappa shape index (κ2) is 16.3. The summed E-state index contributed by atoms with van der Waals surface area (Å²) in [6.45, 7) is 22.8. The number of hydrogen-bond acceptors (Lipinski definition) is 6. The monoisotopic (exact) mass is 626 g/mol. The molecule has 0 aliphatic rings. The molecule has 0 saturated heterocycles. The van der Waals surface area contributed by atoms with Crippen molar-refractivity contribution in [3.05, 3.63) is 93.1 Å². The number of carbonyl (C=O) groups is 2. The van der Waals surface area contributed by atoms with Crippen LogP contribution >= 0.6 is 0 Å². The molecular formula is C34H48GeO6. The van der Waals surface area contributed by atoms with Gasteiger partial charge in [-0.25, -0.2) is 0 Å². The second-order valence-corrected chi connectivity index (χ2v) is 19.8. The maximum atomic E-state index is 14.3. The summed E-state index contributed by atoms with van der Waals surface area (Å²) in [6, 6.07) is 4.07. The van der Waals surface area contributed by atoms with E-state index in [4.69, 9.17) is 18.9 Å². The van der Waals surface area contributed by atoms with Crippen molar-refractivity contribution < 1.29 is 28.5 Å². The molecule has 2 rings (SSSR count). The van der Waals surface area contributed by atoms with Crippen molar-refractivity contribution >= 4 is 22.5 Å². The molecule has 2 aromatic carbocycles. The van der Waals surface area contributed by atoms with E-state index in [1.165, 1.54) is 0 Å². The minimum absolute atomic E-state index is 0.00268. The van der Waals surface area contributed by atoms with Crippen molar-refractivity contribution in [3.63, 3.8) is 0 Å². The summed E-state index contributed by atoms with van der Waals surface area (Å²) in [4.78, 5) is 28.5. The molecule has 0 amide bonds. The van der Waals surface area contributed by atoms with Gasteiger partial charge in [0, 0.05) is 0 Å². The Kier molecular flexibility index (Phi) is 13.9. The van der Waals surface area contributed by atoms with E-state index in [1.54, 1.807) is 12.2 Å². The van der Waals surface area contributed by atoms with Crippen LogP contribution in [0, 0.1) is 41.5 Å². The summed E-state index contributed by atoms with van der Waals surface area (Å²) >= 11 is -3.77. The van der Waals surface area contributed by atoms with E-state index in [9.17, 15) is 9.59 Å².